The third-order valence-electron chi connectivity index (χ3n) is 3.66. The Labute approximate surface area is 140 Å². The molecule has 1 aromatic rings. The first-order valence-electron chi connectivity index (χ1n) is 7.48. The van der Waals surface area contributed by atoms with Gasteiger partial charge >= 0.3 is 5.97 Å². The highest BCUT2D eigenvalue weighted by Gasteiger charge is 2.25. The number of carbonyl (C=O) groups excluding carboxylic acids is 1. The molecule has 1 amide bonds. The quantitative estimate of drug-likeness (QED) is 0.840. The number of halogens is 1. The van der Waals surface area contributed by atoms with Crippen LogP contribution in [0, 0.1) is 0 Å². The number of carboxylic acid groups (broad SMARTS) is 1. The molecule has 1 unspecified atom stereocenters. The molecule has 7 heteroatoms. The number of rotatable bonds is 6. The van der Waals surface area contributed by atoms with Crippen molar-refractivity contribution in [2.45, 2.75) is 12.5 Å². The van der Waals surface area contributed by atoms with Gasteiger partial charge in [-0.1, -0.05) is 23.7 Å². The highest BCUT2D eigenvalue weighted by Crippen LogP contribution is 2.13. The van der Waals surface area contributed by atoms with Crippen LogP contribution in [0.1, 0.15) is 5.56 Å². The molecule has 6 nitrogen and oxygen atoms in total. The number of carbonyl (C=O) groups is 2. The van der Waals surface area contributed by atoms with Crippen LogP contribution < -0.4 is 0 Å². The lowest BCUT2D eigenvalue weighted by Crippen LogP contribution is -2.50. The Bertz CT molecular complexity index is 567. The fourth-order valence-electron chi connectivity index (χ4n) is 2.63. The lowest BCUT2D eigenvalue weighted by atomic mass is 10.1. The van der Waals surface area contributed by atoms with E-state index < -0.39 is 5.97 Å². The minimum atomic E-state index is -0.878. The molecular weight excluding hydrogens is 320 g/mol. The summed E-state index contributed by atoms with van der Waals surface area (Å²) in [7, 11) is 1.73. The van der Waals surface area contributed by atoms with E-state index in [4.69, 9.17) is 21.4 Å². The molecule has 1 atom stereocenters. The summed E-state index contributed by atoms with van der Waals surface area (Å²) in [6.07, 6.45) is 0.134. The van der Waals surface area contributed by atoms with Gasteiger partial charge in [0.1, 0.15) is 0 Å². The predicted molar refractivity (Wildman–Crippen MR) is 86.6 cm³/mol. The Hall–Kier alpha value is -1.63. The number of carboxylic acids is 1. The summed E-state index contributed by atoms with van der Waals surface area (Å²) in [4.78, 5) is 26.6. The summed E-state index contributed by atoms with van der Waals surface area (Å²) < 4.78 is 5.63. The average molecular weight is 341 g/mol. The van der Waals surface area contributed by atoms with Crippen LogP contribution in [-0.2, 0) is 20.7 Å². The van der Waals surface area contributed by atoms with Gasteiger partial charge in [0.25, 0.3) is 0 Å². The molecule has 2 rings (SSSR count). The molecule has 0 aliphatic carbocycles. The van der Waals surface area contributed by atoms with Crippen LogP contribution in [0.25, 0.3) is 0 Å². The number of nitrogens with zero attached hydrogens (tertiary/aromatic N) is 2. The Balaban J connectivity index is 1.87. The van der Waals surface area contributed by atoms with Crippen molar-refractivity contribution >= 4 is 23.5 Å². The van der Waals surface area contributed by atoms with Crippen molar-refractivity contribution in [2.75, 3.05) is 39.8 Å². The highest BCUT2D eigenvalue weighted by atomic mass is 35.5. The lowest BCUT2D eigenvalue weighted by molar-refractivity contribution is -0.142. The van der Waals surface area contributed by atoms with Crippen molar-refractivity contribution in [3.05, 3.63) is 34.9 Å². The highest BCUT2D eigenvalue weighted by molar-refractivity contribution is 6.30. The molecule has 1 saturated heterocycles. The fraction of sp³-hybridized carbons (Fsp3) is 0.500. The van der Waals surface area contributed by atoms with Gasteiger partial charge in [-0.2, -0.15) is 0 Å². The smallest absolute Gasteiger partial charge is 0.317 e. The second kappa shape index (κ2) is 8.29. The van der Waals surface area contributed by atoms with E-state index in [0.29, 0.717) is 37.7 Å². The Morgan fingerprint density at radius 2 is 2.26 bits per heavy atom. The first kappa shape index (κ1) is 17.7. The van der Waals surface area contributed by atoms with E-state index >= 15 is 0 Å². The van der Waals surface area contributed by atoms with Gasteiger partial charge in [-0.05, 0) is 24.7 Å². The molecule has 0 bridgehead atoms. The zero-order valence-corrected chi connectivity index (χ0v) is 13.8. The minimum absolute atomic E-state index is 0.0291. The summed E-state index contributed by atoms with van der Waals surface area (Å²) in [5.74, 6) is -0.848. The average Bonchev–Trinajstić information content (AvgIpc) is 2.46. The first-order valence-corrected chi connectivity index (χ1v) is 7.86. The number of ether oxygens (including phenoxy) is 1. The van der Waals surface area contributed by atoms with Crippen molar-refractivity contribution < 1.29 is 19.4 Å². The molecule has 23 heavy (non-hydrogen) atoms. The summed E-state index contributed by atoms with van der Waals surface area (Å²) in [5, 5.41) is 9.40. The van der Waals surface area contributed by atoms with Gasteiger partial charge < -0.3 is 14.7 Å². The Morgan fingerprint density at radius 1 is 1.48 bits per heavy atom. The number of hydrogen-bond acceptors (Lipinski definition) is 4. The van der Waals surface area contributed by atoms with Gasteiger partial charge in [-0.3, -0.25) is 14.5 Å². The number of amides is 1. The number of morpholine rings is 1. The standard InChI is InChI=1S/C16H21ClN2O4/c1-18(11-16(21)22)9-14-10-19(5-6-23-14)15(20)8-12-3-2-4-13(17)7-12/h2-4,7,14H,5-6,8-11H2,1H3,(H,21,22). The maximum Gasteiger partial charge on any atom is 0.317 e. The predicted octanol–water partition coefficient (Wildman–Crippen LogP) is 1.13. The van der Waals surface area contributed by atoms with Gasteiger partial charge in [0.05, 0.1) is 25.7 Å². The van der Waals surface area contributed by atoms with Crippen LogP contribution in [0.2, 0.25) is 5.02 Å². The Kier molecular flexibility index (Phi) is 6.38. The second-order valence-corrected chi connectivity index (χ2v) is 6.17. The monoisotopic (exact) mass is 340 g/mol. The van der Waals surface area contributed by atoms with Gasteiger partial charge in [0, 0.05) is 24.7 Å². The topological polar surface area (TPSA) is 70.1 Å². The second-order valence-electron chi connectivity index (χ2n) is 5.73. The zero-order chi connectivity index (χ0) is 16.8. The van der Waals surface area contributed by atoms with E-state index in [9.17, 15) is 9.59 Å². The zero-order valence-electron chi connectivity index (χ0n) is 13.1. The molecule has 0 radical (unpaired) electrons. The van der Waals surface area contributed by atoms with Crippen LogP contribution in [0.3, 0.4) is 0 Å². The molecule has 1 N–H and O–H groups in total. The van der Waals surface area contributed by atoms with Gasteiger partial charge in [-0.25, -0.2) is 0 Å². The van der Waals surface area contributed by atoms with Crippen LogP contribution in [0.15, 0.2) is 24.3 Å². The molecular formula is C16H21ClN2O4. The van der Waals surface area contributed by atoms with E-state index in [1.807, 2.05) is 12.1 Å². The molecule has 1 aliphatic rings. The van der Waals surface area contributed by atoms with Crippen molar-refractivity contribution in [1.82, 2.24) is 9.80 Å². The summed E-state index contributed by atoms with van der Waals surface area (Å²) in [6.45, 7) is 1.93. The minimum Gasteiger partial charge on any atom is -0.480 e. The third kappa shape index (κ3) is 5.82. The number of benzene rings is 1. The van der Waals surface area contributed by atoms with Crippen molar-refractivity contribution in [2.24, 2.45) is 0 Å². The Morgan fingerprint density at radius 3 is 2.96 bits per heavy atom. The van der Waals surface area contributed by atoms with Crippen LogP contribution in [-0.4, -0.2) is 72.7 Å². The number of likely N-dealkylation sites (N-methyl/N-ethyl adjacent to an activating group) is 1. The molecule has 0 saturated carbocycles. The first-order chi connectivity index (χ1) is 10.9. The number of hydrogen-bond donors (Lipinski definition) is 1. The largest absolute Gasteiger partial charge is 0.480 e. The van der Waals surface area contributed by atoms with Crippen LogP contribution >= 0.6 is 11.6 Å². The number of aliphatic carboxylic acids is 1. The molecule has 1 aliphatic heterocycles. The maximum absolute atomic E-state index is 12.4. The summed E-state index contributed by atoms with van der Waals surface area (Å²) >= 11 is 5.94. The molecule has 1 aromatic carbocycles. The maximum atomic E-state index is 12.4. The molecule has 0 spiro atoms. The molecule has 1 heterocycles. The van der Waals surface area contributed by atoms with E-state index in [2.05, 4.69) is 0 Å². The van der Waals surface area contributed by atoms with Gasteiger partial charge in [0.2, 0.25) is 5.91 Å². The normalized spacial score (nSPS) is 18.2. The van der Waals surface area contributed by atoms with Gasteiger partial charge in [0.15, 0.2) is 0 Å². The third-order valence-corrected chi connectivity index (χ3v) is 3.89. The SMILES string of the molecule is CN(CC(=O)O)CC1CN(C(=O)Cc2cccc(Cl)c2)CCO1. The van der Waals surface area contributed by atoms with Gasteiger partial charge in [-0.15, -0.1) is 0 Å². The summed E-state index contributed by atoms with van der Waals surface area (Å²) in [6, 6.07) is 7.27. The van der Waals surface area contributed by atoms with E-state index in [0.717, 1.165) is 5.56 Å². The summed E-state index contributed by atoms with van der Waals surface area (Å²) in [5.41, 5.74) is 0.883. The molecule has 1 fully saturated rings. The molecule has 0 aromatic heterocycles. The van der Waals surface area contributed by atoms with E-state index in [1.165, 1.54) is 0 Å². The fourth-order valence-corrected chi connectivity index (χ4v) is 2.85. The van der Waals surface area contributed by atoms with Crippen molar-refractivity contribution in [3.63, 3.8) is 0 Å². The van der Waals surface area contributed by atoms with Crippen molar-refractivity contribution in [3.8, 4) is 0 Å². The van der Waals surface area contributed by atoms with Crippen LogP contribution in [0.5, 0.6) is 0 Å². The molecule has 126 valence electrons. The van der Waals surface area contributed by atoms with Crippen molar-refractivity contribution in [1.29, 1.82) is 0 Å². The van der Waals surface area contributed by atoms with E-state index in [-0.39, 0.29) is 18.6 Å². The van der Waals surface area contributed by atoms with E-state index in [1.54, 1.807) is 29.0 Å². The van der Waals surface area contributed by atoms with Crippen LogP contribution in [0.4, 0.5) is 0 Å². The lowest BCUT2D eigenvalue weighted by Gasteiger charge is -2.34.